The smallest absolute Gasteiger partial charge is 0.191 e. The number of nitrogens with zero attached hydrogens (tertiary/aromatic N) is 3. The average Bonchev–Trinajstić information content (AvgIpc) is 3.46. The monoisotopic (exact) mass is 411 g/mol. The number of rotatable bonds is 6. The van der Waals surface area contributed by atoms with Crippen molar-refractivity contribution in [1.82, 2.24) is 10.6 Å². The van der Waals surface area contributed by atoms with Gasteiger partial charge in [0.2, 0.25) is 0 Å². The molecule has 0 bridgehead atoms. The van der Waals surface area contributed by atoms with E-state index < -0.39 is 0 Å². The number of guanidine groups is 1. The van der Waals surface area contributed by atoms with Gasteiger partial charge in [-0.25, -0.2) is 0 Å². The van der Waals surface area contributed by atoms with Crippen molar-refractivity contribution in [3.8, 4) is 0 Å². The van der Waals surface area contributed by atoms with Gasteiger partial charge in [-0.2, -0.15) is 0 Å². The first-order valence-electron chi connectivity index (χ1n) is 10.9. The first kappa shape index (κ1) is 20.1. The van der Waals surface area contributed by atoms with Gasteiger partial charge in [-0.05, 0) is 61.7 Å². The Kier molecular flexibility index (Phi) is 6.93. The molecule has 156 valence electrons. The maximum atomic E-state index is 4.94. The van der Waals surface area contributed by atoms with Crippen molar-refractivity contribution in [2.45, 2.75) is 32.2 Å². The molecule has 0 aliphatic carbocycles. The van der Waals surface area contributed by atoms with Crippen LogP contribution in [0.3, 0.4) is 0 Å². The Hall–Kier alpha value is -2.21. The van der Waals surface area contributed by atoms with Gasteiger partial charge in [0.25, 0.3) is 0 Å². The minimum atomic E-state index is 0.508. The summed E-state index contributed by atoms with van der Waals surface area (Å²) in [6.07, 6.45) is 3.54. The third-order valence-electron chi connectivity index (χ3n) is 5.91. The van der Waals surface area contributed by atoms with Crippen LogP contribution in [0.25, 0.3) is 0 Å². The van der Waals surface area contributed by atoms with Crippen LogP contribution in [-0.4, -0.2) is 51.3 Å². The SMILES string of the molecule is CCNC(=NCC1CCN(c2ccccc2)C1)NC1CCN(c2cccs2)CC1. The van der Waals surface area contributed by atoms with E-state index in [4.69, 9.17) is 4.99 Å². The van der Waals surface area contributed by atoms with E-state index in [2.05, 4.69) is 75.2 Å². The lowest BCUT2D eigenvalue weighted by molar-refractivity contribution is 0.462. The molecule has 5 nitrogen and oxygen atoms in total. The predicted molar refractivity (Wildman–Crippen MR) is 125 cm³/mol. The van der Waals surface area contributed by atoms with Crippen LogP contribution in [0, 0.1) is 5.92 Å². The number of thiophene rings is 1. The zero-order valence-electron chi connectivity index (χ0n) is 17.4. The Morgan fingerprint density at radius 2 is 1.83 bits per heavy atom. The summed E-state index contributed by atoms with van der Waals surface area (Å²) in [6.45, 7) is 8.41. The zero-order valence-corrected chi connectivity index (χ0v) is 18.2. The van der Waals surface area contributed by atoms with Gasteiger partial charge in [0.15, 0.2) is 5.96 Å². The Morgan fingerprint density at radius 3 is 2.55 bits per heavy atom. The Labute approximate surface area is 178 Å². The summed E-state index contributed by atoms with van der Waals surface area (Å²) >= 11 is 1.84. The molecule has 1 aromatic heterocycles. The quantitative estimate of drug-likeness (QED) is 0.561. The molecule has 4 rings (SSSR count). The molecule has 0 spiro atoms. The highest BCUT2D eigenvalue weighted by Crippen LogP contribution is 2.25. The minimum absolute atomic E-state index is 0.508. The van der Waals surface area contributed by atoms with E-state index in [1.807, 2.05) is 11.3 Å². The van der Waals surface area contributed by atoms with Crippen molar-refractivity contribution in [2.75, 3.05) is 49.1 Å². The summed E-state index contributed by atoms with van der Waals surface area (Å²) in [5.41, 5.74) is 1.33. The molecule has 0 saturated carbocycles. The van der Waals surface area contributed by atoms with Crippen LogP contribution >= 0.6 is 11.3 Å². The minimum Gasteiger partial charge on any atom is -0.371 e. The van der Waals surface area contributed by atoms with Crippen molar-refractivity contribution in [1.29, 1.82) is 0 Å². The molecule has 1 unspecified atom stereocenters. The fourth-order valence-corrected chi connectivity index (χ4v) is 5.07. The second-order valence-corrected chi connectivity index (χ2v) is 8.94. The van der Waals surface area contributed by atoms with Crippen LogP contribution in [0.1, 0.15) is 26.2 Å². The predicted octanol–water partition coefficient (Wildman–Crippen LogP) is 3.80. The summed E-state index contributed by atoms with van der Waals surface area (Å²) in [7, 11) is 0. The molecule has 2 aliphatic rings. The van der Waals surface area contributed by atoms with E-state index in [0.29, 0.717) is 12.0 Å². The van der Waals surface area contributed by atoms with Crippen LogP contribution in [0.15, 0.2) is 52.8 Å². The molecule has 2 saturated heterocycles. The van der Waals surface area contributed by atoms with Gasteiger partial charge in [-0.3, -0.25) is 4.99 Å². The number of hydrogen-bond acceptors (Lipinski definition) is 4. The van der Waals surface area contributed by atoms with Crippen molar-refractivity contribution in [2.24, 2.45) is 10.9 Å². The van der Waals surface area contributed by atoms with Crippen LogP contribution in [0.4, 0.5) is 10.7 Å². The largest absolute Gasteiger partial charge is 0.371 e. The lowest BCUT2D eigenvalue weighted by Gasteiger charge is -2.33. The summed E-state index contributed by atoms with van der Waals surface area (Å²) in [5, 5.41) is 10.7. The van der Waals surface area contributed by atoms with E-state index >= 15 is 0 Å². The summed E-state index contributed by atoms with van der Waals surface area (Å²) in [6, 6.07) is 15.6. The van der Waals surface area contributed by atoms with E-state index in [1.54, 1.807) is 0 Å². The molecule has 2 N–H and O–H groups in total. The van der Waals surface area contributed by atoms with Crippen LogP contribution in [0.2, 0.25) is 0 Å². The maximum absolute atomic E-state index is 4.94. The number of anilines is 2. The molecule has 3 heterocycles. The van der Waals surface area contributed by atoms with Crippen molar-refractivity contribution in [3.63, 3.8) is 0 Å². The summed E-state index contributed by atoms with van der Waals surface area (Å²) in [4.78, 5) is 9.93. The zero-order chi connectivity index (χ0) is 19.9. The molecule has 1 atom stereocenters. The summed E-state index contributed by atoms with van der Waals surface area (Å²) in [5.74, 6) is 1.62. The number of nitrogens with one attached hydrogen (secondary N) is 2. The molecule has 1 aromatic carbocycles. The summed E-state index contributed by atoms with van der Waals surface area (Å²) < 4.78 is 0. The van der Waals surface area contributed by atoms with Gasteiger partial charge < -0.3 is 20.4 Å². The molecule has 2 aromatic rings. The third kappa shape index (κ3) is 5.44. The molecular formula is C23H33N5S. The first-order chi connectivity index (χ1) is 14.3. The highest BCUT2D eigenvalue weighted by molar-refractivity contribution is 7.14. The van der Waals surface area contributed by atoms with Gasteiger partial charge >= 0.3 is 0 Å². The third-order valence-corrected chi connectivity index (χ3v) is 6.84. The fourth-order valence-electron chi connectivity index (χ4n) is 4.28. The molecule has 6 heteroatoms. The number of benzene rings is 1. The Bertz CT molecular complexity index is 753. The normalized spacial score (nSPS) is 20.9. The van der Waals surface area contributed by atoms with Crippen LogP contribution in [-0.2, 0) is 0 Å². The topological polar surface area (TPSA) is 42.9 Å². The van der Waals surface area contributed by atoms with Crippen LogP contribution in [0.5, 0.6) is 0 Å². The van der Waals surface area contributed by atoms with Crippen molar-refractivity contribution in [3.05, 3.63) is 47.8 Å². The highest BCUT2D eigenvalue weighted by atomic mass is 32.1. The van der Waals surface area contributed by atoms with Crippen LogP contribution < -0.4 is 20.4 Å². The van der Waals surface area contributed by atoms with Crippen molar-refractivity contribution < 1.29 is 0 Å². The molecular weight excluding hydrogens is 378 g/mol. The lowest BCUT2D eigenvalue weighted by Crippen LogP contribution is -2.48. The average molecular weight is 412 g/mol. The molecule has 29 heavy (non-hydrogen) atoms. The first-order valence-corrected chi connectivity index (χ1v) is 11.8. The highest BCUT2D eigenvalue weighted by Gasteiger charge is 2.23. The van der Waals surface area contributed by atoms with Gasteiger partial charge in [0.1, 0.15) is 0 Å². The van der Waals surface area contributed by atoms with E-state index in [9.17, 15) is 0 Å². The van der Waals surface area contributed by atoms with E-state index in [1.165, 1.54) is 17.1 Å². The molecule has 0 amide bonds. The van der Waals surface area contributed by atoms with Gasteiger partial charge in [0, 0.05) is 51.0 Å². The Morgan fingerprint density at radius 1 is 1.03 bits per heavy atom. The molecule has 0 radical (unpaired) electrons. The van der Waals surface area contributed by atoms with E-state index in [-0.39, 0.29) is 0 Å². The number of aliphatic imine (C=N–C) groups is 1. The maximum Gasteiger partial charge on any atom is 0.191 e. The number of para-hydroxylation sites is 1. The number of hydrogen-bond donors (Lipinski definition) is 2. The fraction of sp³-hybridized carbons (Fsp3) is 0.522. The van der Waals surface area contributed by atoms with Gasteiger partial charge in [-0.1, -0.05) is 18.2 Å². The number of piperidine rings is 1. The molecule has 2 aliphatic heterocycles. The van der Waals surface area contributed by atoms with Gasteiger partial charge in [-0.15, -0.1) is 11.3 Å². The Balaban J connectivity index is 1.26. The lowest BCUT2D eigenvalue weighted by atomic mass is 10.1. The molecule has 2 fully saturated rings. The second-order valence-electron chi connectivity index (χ2n) is 8.01. The van der Waals surface area contributed by atoms with E-state index in [0.717, 1.165) is 58.1 Å². The van der Waals surface area contributed by atoms with Gasteiger partial charge in [0.05, 0.1) is 5.00 Å². The second kappa shape index (κ2) is 10.0. The van der Waals surface area contributed by atoms with Crippen molar-refractivity contribution >= 4 is 28.0 Å². The standard InChI is InChI=1S/C23H33N5S/c1-2-24-23(26-20-11-14-27(15-12-20)22-9-6-16-29-22)25-17-19-10-13-28(18-19)21-7-4-3-5-8-21/h3-9,16,19-20H,2,10-15,17-18H2,1H3,(H2,24,25,26).